The number of thiocarbonyl (C=S) groups is 2. The molecule has 0 saturated carbocycles. The first kappa shape index (κ1) is 16.7. The third kappa shape index (κ3) is 6.75. The predicted octanol–water partition coefficient (Wildman–Crippen LogP) is 2.14. The average Bonchev–Trinajstić information content (AvgIpc) is 3.02. The number of rotatable bonds is 4. The molecule has 0 amide bonds. The van der Waals surface area contributed by atoms with Crippen molar-refractivity contribution in [2.45, 2.75) is 25.7 Å². The predicted molar refractivity (Wildman–Crippen MR) is 88.3 cm³/mol. The molecule has 2 aliphatic rings. The van der Waals surface area contributed by atoms with E-state index in [4.69, 9.17) is 24.4 Å². The minimum atomic E-state index is -1.14. The SMILES string of the molecule is S=C(NN1CCCC1)[S][Hg][S]C(=S)NN1CCCC1. The summed E-state index contributed by atoms with van der Waals surface area (Å²) in [6.07, 6.45) is 5.12. The van der Waals surface area contributed by atoms with Gasteiger partial charge >= 0.3 is 144 Å². The molecule has 104 valence electrons. The summed E-state index contributed by atoms with van der Waals surface area (Å²) in [6, 6.07) is 0. The van der Waals surface area contributed by atoms with Crippen LogP contribution >= 0.6 is 40.9 Å². The molecule has 0 aromatic heterocycles. The van der Waals surface area contributed by atoms with E-state index in [1.54, 1.807) is 0 Å². The monoisotopic (exact) mass is 524 g/mol. The first-order valence-corrected chi connectivity index (χ1v) is 22.9. The van der Waals surface area contributed by atoms with Gasteiger partial charge < -0.3 is 0 Å². The van der Waals surface area contributed by atoms with Gasteiger partial charge in [0, 0.05) is 0 Å². The fourth-order valence-corrected chi connectivity index (χ4v) is 22.5. The molecule has 19 heavy (non-hydrogen) atoms. The van der Waals surface area contributed by atoms with Gasteiger partial charge in [-0.05, 0) is 0 Å². The van der Waals surface area contributed by atoms with Gasteiger partial charge in [-0.15, -0.1) is 0 Å². The van der Waals surface area contributed by atoms with Crippen LogP contribution in [-0.2, 0) is 21.5 Å². The second kappa shape index (κ2) is 9.37. The number of hydrazine groups is 2. The van der Waals surface area contributed by atoms with Gasteiger partial charge in [0.15, 0.2) is 0 Å². The van der Waals surface area contributed by atoms with Crippen LogP contribution in [0.4, 0.5) is 0 Å². The van der Waals surface area contributed by atoms with Crippen LogP contribution in [-0.4, -0.2) is 44.8 Å². The maximum atomic E-state index is 5.36. The van der Waals surface area contributed by atoms with Gasteiger partial charge in [-0.1, -0.05) is 0 Å². The zero-order valence-corrected chi connectivity index (χ0v) is 19.7. The van der Waals surface area contributed by atoms with Gasteiger partial charge in [0.2, 0.25) is 0 Å². The van der Waals surface area contributed by atoms with E-state index in [2.05, 4.69) is 20.9 Å². The van der Waals surface area contributed by atoms with Gasteiger partial charge in [-0.2, -0.15) is 0 Å². The summed E-state index contributed by atoms with van der Waals surface area (Å²) in [6.45, 7) is 4.50. The average molecular weight is 523 g/mol. The molecule has 0 spiro atoms. The van der Waals surface area contributed by atoms with Crippen molar-refractivity contribution in [3.05, 3.63) is 0 Å². The second-order valence-electron chi connectivity index (χ2n) is 4.59. The Hall–Kier alpha value is 1.34. The van der Waals surface area contributed by atoms with Crippen molar-refractivity contribution < 1.29 is 21.5 Å². The number of hydrogen-bond acceptors (Lipinski definition) is 6. The molecule has 4 nitrogen and oxygen atoms in total. The number of hydrogen-bond donors (Lipinski definition) is 2. The van der Waals surface area contributed by atoms with Gasteiger partial charge in [0.05, 0.1) is 0 Å². The Morgan fingerprint density at radius 1 is 0.789 bits per heavy atom. The summed E-state index contributed by atoms with van der Waals surface area (Å²) >= 11 is 9.59. The van der Waals surface area contributed by atoms with E-state index in [1.807, 2.05) is 16.5 Å². The molecule has 2 fully saturated rings. The van der Waals surface area contributed by atoms with Crippen molar-refractivity contribution in [3.63, 3.8) is 0 Å². The normalized spacial score (nSPS) is 20.2. The van der Waals surface area contributed by atoms with Crippen LogP contribution in [0.1, 0.15) is 25.7 Å². The van der Waals surface area contributed by atoms with Crippen LogP contribution < -0.4 is 10.9 Å². The van der Waals surface area contributed by atoms with Crippen LogP contribution in [0.15, 0.2) is 0 Å². The van der Waals surface area contributed by atoms with Crippen molar-refractivity contribution in [2.75, 3.05) is 26.2 Å². The first-order valence-electron chi connectivity index (χ1n) is 6.61. The van der Waals surface area contributed by atoms with Crippen LogP contribution in [0.25, 0.3) is 0 Å². The molecule has 9 heteroatoms. The Morgan fingerprint density at radius 3 is 1.53 bits per heavy atom. The third-order valence-electron chi connectivity index (χ3n) is 3.09. The molecular weight excluding hydrogens is 505 g/mol. The Morgan fingerprint density at radius 2 is 1.16 bits per heavy atom. The van der Waals surface area contributed by atoms with Gasteiger partial charge in [0.25, 0.3) is 0 Å². The standard InChI is InChI=1S/2C5H10N2S2.Hg/c2*8-5(9)6-7-3-1-2-4-7;/h2*1-4H2,(H2,6,8,9);/q;;+2/p-2. The topological polar surface area (TPSA) is 30.5 Å². The minimum absolute atomic E-state index is 0.944. The zero-order chi connectivity index (χ0) is 13.5. The third-order valence-corrected chi connectivity index (χ3v) is 25.5. The second-order valence-corrected chi connectivity index (χ2v) is 23.2. The van der Waals surface area contributed by atoms with Crippen LogP contribution in [0.5, 0.6) is 0 Å². The molecule has 0 unspecified atom stereocenters. The Bertz CT molecular complexity index is 289. The molecule has 0 radical (unpaired) electrons. The van der Waals surface area contributed by atoms with Gasteiger partial charge in [-0.25, -0.2) is 0 Å². The summed E-state index contributed by atoms with van der Waals surface area (Å²) in [5, 5.41) is 4.46. The molecule has 0 aromatic carbocycles. The van der Waals surface area contributed by atoms with E-state index in [0.717, 1.165) is 34.8 Å². The van der Waals surface area contributed by atoms with E-state index >= 15 is 0 Å². The van der Waals surface area contributed by atoms with Crippen molar-refractivity contribution >= 4 is 49.6 Å². The summed E-state index contributed by atoms with van der Waals surface area (Å²) < 4.78 is 1.89. The molecule has 2 heterocycles. The van der Waals surface area contributed by atoms with Crippen molar-refractivity contribution in [2.24, 2.45) is 0 Å². The summed E-state index contributed by atoms with van der Waals surface area (Å²) in [4.78, 5) is 0. The number of nitrogens with zero attached hydrogens (tertiary/aromatic N) is 2. The molecular formula is C10H18HgN4S4. The van der Waals surface area contributed by atoms with Crippen LogP contribution in [0.2, 0.25) is 0 Å². The summed E-state index contributed by atoms with van der Waals surface area (Å²) in [7, 11) is 3.73. The first-order chi connectivity index (χ1) is 9.24. The Labute approximate surface area is 142 Å². The van der Waals surface area contributed by atoms with Crippen molar-refractivity contribution in [1.82, 2.24) is 20.9 Å². The molecule has 2 aliphatic heterocycles. The molecule has 2 saturated heterocycles. The zero-order valence-electron chi connectivity index (χ0n) is 10.9. The molecule has 0 bridgehead atoms. The summed E-state index contributed by atoms with van der Waals surface area (Å²) in [5.41, 5.74) is 6.64. The number of nitrogens with one attached hydrogen (secondary N) is 2. The van der Waals surface area contributed by atoms with E-state index in [1.165, 1.54) is 25.7 Å². The molecule has 2 N–H and O–H groups in total. The quantitative estimate of drug-likeness (QED) is 0.429. The van der Waals surface area contributed by atoms with E-state index in [0.29, 0.717) is 0 Å². The fourth-order valence-electron chi connectivity index (χ4n) is 2.12. The fraction of sp³-hybridized carbons (Fsp3) is 0.800. The molecule has 0 aliphatic carbocycles. The van der Waals surface area contributed by atoms with Gasteiger partial charge in [-0.3, -0.25) is 0 Å². The van der Waals surface area contributed by atoms with Crippen LogP contribution in [0.3, 0.4) is 0 Å². The maximum absolute atomic E-state index is 5.36. The molecule has 0 atom stereocenters. The Balaban J connectivity index is 1.52. The summed E-state index contributed by atoms with van der Waals surface area (Å²) in [5.74, 6) is 0. The van der Waals surface area contributed by atoms with Gasteiger partial charge in [0.1, 0.15) is 0 Å². The van der Waals surface area contributed by atoms with Crippen LogP contribution in [0, 0.1) is 0 Å². The van der Waals surface area contributed by atoms with E-state index in [-0.39, 0.29) is 0 Å². The molecule has 0 aromatic rings. The van der Waals surface area contributed by atoms with E-state index < -0.39 is 21.5 Å². The van der Waals surface area contributed by atoms with E-state index in [9.17, 15) is 0 Å². The van der Waals surface area contributed by atoms with Crippen molar-refractivity contribution in [1.29, 1.82) is 0 Å². The Kier molecular flexibility index (Phi) is 8.24. The molecule has 2 rings (SSSR count). The van der Waals surface area contributed by atoms with Crippen molar-refractivity contribution in [3.8, 4) is 0 Å².